The van der Waals surface area contributed by atoms with E-state index in [1.165, 1.54) is 7.11 Å². The van der Waals surface area contributed by atoms with Crippen LogP contribution in [-0.2, 0) is 14.3 Å². The van der Waals surface area contributed by atoms with Crippen LogP contribution >= 0.6 is 0 Å². The van der Waals surface area contributed by atoms with E-state index < -0.39 is 20.1 Å². The van der Waals surface area contributed by atoms with Gasteiger partial charge in [0, 0.05) is 14.7 Å². The van der Waals surface area contributed by atoms with Crippen molar-refractivity contribution < 1.29 is 23.7 Å². The van der Waals surface area contributed by atoms with Crippen molar-refractivity contribution in [1.29, 1.82) is 0 Å². The van der Waals surface area contributed by atoms with Gasteiger partial charge in [0.05, 0.1) is 7.11 Å². The minimum atomic E-state index is -1.21. The molecule has 21 heavy (non-hydrogen) atoms. The normalized spacial score (nSPS) is 14.9. The number of benzene rings is 1. The lowest BCUT2D eigenvalue weighted by atomic mass is 10.1. The van der Waals surface area contributed by atoms with Gasteiger partial charge in [0.2, 0.25) is 6.79 Å². The summed E-state index contributed by atoms with van der Waals surface area (Å²) < 4.78 is 21.2. The first-order valence-corrected chi connectivity index (χ1v) is 10.7. The van der Waals surface area contributed by atoms with Gasteiger partial charge < -0.3 is 18.9 Å². The molecule has 0 saturated heterocycles. The molecule has 0 amide bonds. The van der Waals surface area contributed by atoms with Crippen LogP contribution in [0.15, 0.2) is 18.2 Å². The molecular weight excluding hydrogens is 288 g/mol. The summed E-state index contributed by atoms with van der Waals surface area (Å²) in [5, 5.41) is 0. The molecule has 1 aliphatic heterocycles. The van der Waals surface area contributed by atoms with E-state index in [4.69, 9.17) is 18.9 Å². The Balaban J connectivity index is 2.10. The maximum absolute atomic E-state index is 12.0. The van der Waals surface area contributed by atoms with Crippen molar-refractivity contribution in [2.75, 3.05) is 20.5 Å². The van der Waals surface area contributed by atoms with Crippen LogP contribution in [0.4, 0.5) is 0 Å². The molecule has 0 fully saturated rings. The largest absolute Gasteiger partial charge is 0.467 e. The van der Waals surface area contributed by atoms with E-state index in [-0.39, 0.29) is 6.79 Å². The van der Waals surface area contributed by atoms with Crippen molar-refractivity contribution in [1.82, 2.24) is 0 Å². The van der Waals surface area contributed by atoms with Gasteiger partial charge in [0.25, 0.3) is 0 Å². The van der Waals surface area contributed by atoms with Crippen molar-refractivity contribution in [3.05, 3.63) is 23.8 Å². The highest BCUT2D eigenvalue weighted by molar-refractivity contribution is 6.76. The first kappa shape index (κ1) is 15.8. The minimum absolute atomic E-state index is 0.207. The Labute approximate surface area is 126 Å². The van der Waals surface area contributed by atoms with Gasteiger partial charge >= 0.3 is 5.97 Å². The summed E-state index contributed by atoms with van der Waals surface area (Å²) >= 11 is 0. The van der Waals surface area contributed by atoms with Gasteiger partial charge in [-0.25, -0.2) is 4.79 Å². The fraction of sp³-hybridized carbons (Fsp3) is 0.533. The highest BCUT2D eigenvalue weighted by atomic mass is 28.3. The molecule has 0 N–H and O–H groups in total. The molecule has 1 aliphatic rings. The summed E-state index contributed by atoms with van der Waals surface area (Å²) in [4.78, 5) is 12.0. The topological polar surface area (TPSA) is 54.0 Å². The van der Waals surface area contributed by atoms with Crippen LogP contribution in [-0.4, -0.2) is 34.6 Å². The highest BCUT2D eigenvalue weighted by Crippen LogP contribution is 2.35. The molecule has 0 unspecified atom stereocenters. The average Bonchev–Trinajstić information content (AvgIpc) is 2.89. The first-order valence-electron chi connectivity index (χ1n) is 7.00. The van der Waals surface area contributed by atoms with Crippen molar-refractivity contribution in [3.63, 3.8) is 0 Å². The molecule has 6 heteroatoms. The zero-order valence-electron chi connectivity index (χ0n) is 13.0. The van der Waals surface area contributed by atoms with Gasteiger partial charge in [0.1, 0.15) is 0 Å². The average molecular weight is 310 g/mol. The Kier molecular flexibility index (Phi) is 4.90. The van der Waals surface area contributed by atoms with Crippen molar-refractivity contribution >= 4 is 14.0 Å². The Morgan fingerprint density at radius 2 is 2.00 bits per heavy atom. The molecule has 1 aromatic rings. The molecule has 0 aliphatic carbocycles. The molecule has 1 aromatic carbocycles. The fourth-order valence-electron chi connectivity index (χ4n) is 1.97. The lowest BCUT2D eigenvalue weighted by Gasteiger charge is -2.20. The summed E-state index contributed by atoms with van der Waals surface area (Å²) in [6.45, 7) is 7.56. The summed E-state index contributed by atoms with van der Waals surface area (Å²) in [6.07, 6.45) is -0.721. The van der Waals surface area contributed by atoms with Gasteiger partial charge in [-0.2, -0.15) is 0 Å². The molecule has 5 nitrogen and oxygen atoms in total. The zero-order valence-corrected chi connectivity index (χ0v) is 14.0. The van der Waals surface area contributed by atoms with Gasteiger partial charge in [-0.3, -0.25) is 0 Å². The van der Waals surface area contributed by atoms with E-state index in [0.29, 0.717) is 18.1 Å². The van der Waals surface area contributed by atoms with E-state index in [2.05, 4.69) is 19.6 Å². The van der Waals surface area contributed by atoms with Gasteiger partial charge in [0.15, 0.2) is 17.6 Å². The van der Waals surface area contributed by atoms with Gasteiger partial charge in [-0.1, -0.05) is 25.7 Å². The zero-order chi connectivity index (χ0) is 15.5. The third-order valence-corrected chi connectivity index (χ3v) is 4.96. The number of esters is 1. The van der Waals surface area contributed by atoms with E-state index >= 15 is 0 Å². The molecular formula is C15H22O5Si. The van der Waals surface area contributed by atoms with Crippen LogP contribution in [0.3, 0.4) is 0 Å². The van der Waals surface area contributed by atoms with E-state index in [9.17, 15) is 4.79 Å². The van der Waals surface area contributed by atoms with E-state index in [1.807, 2.05) is 6.07 Å². The third kappa shape index (κ3) is 4.22. The Morgan fingerprint density at radius 1 is 1.29 bits per heavy atom. The lowest BCUT2D eigenvalue weighted by Crippen LogP contribution is -2.24. The number of methoxy groups -OCH3 is 1. The third-order valence-electron chi connectivity index (χ3n) is 3.25. The van der Waals surface area contributed by atoms with Crippen molar-refractivity contribution in [2.24, 2.45) is 0 Å². The van der Waals surface area contributed by atoms with Crippen LogP contribution in [0.5, 0.6) is 11.5 Å². The van der Waals surface area contributed by atoms with E-state index in [0.717, 1.165) is 11.6 Å². The summed E-state index contributed by atoms with van der Waals surface area (Å²) in [7, 11) is 0.157. The Morgan fingerprint density at radius 3 is 2.67 bits per heavy atom. The van der Waals surface area contributed by atoms with Crippen LogP contribution in [0.25, 0.3) is 0 Å². The Bertz CT molecular complexity index is 509. The lowest BCUT2D eigenvalue weighted by molar-refractivity contribution is -0.154. The number of carbonyl (C=O) groups excluding carboxylic acids is 1. The molecule has 1 heterocycles. The summed E-state index contributed by atoms with van der Waals surface area (Å²) in [5.74, 6) is 0.920. The molecule has 0 radical (unpaired) electrons. The number of hydrogen-bond donors (Lipinski definition) is 0. The molecule has 0 aromatic heterocycles. The maximum Gasteiger partial charge on any atom is 0.339 e. The molecule has 0 bridgehead atoms. The number of ether oxygens (including phenoxy) is 4. The van der Waals surface area contributed by atoms with E-state index in [1.54, 1.807) is 12.1 Å². The fourth-order valence-corrected chi connectivity index (χ4v) is 2.70. The molecule has 0 saturated carbocycles. The molecule has 0 spiro atoms. The monoisotopic (exact) mass is 310 g/mol. The standard InChI is InChI=1S/C15H22O5Si/c1-17-15(16)14(18-7-8-21(2,3)4)11-5-6-12-13(9-11)20-10-19-12/h5-6,9,14H,7-8,10H2,1-4H3/t14-/m1/s1. The number of carbonyl (C=O) groups is 1. The SMILES string of the molecule is COC(=O)[C@H](OCC[Si](C)(C)C)c1ccc2c(c1)OCO2. The van der Waals surface area contributed by atoms with Crippen molar-refractivity contribution in [2.45, 2.75) is 31.8 Å². The van der Waals surface area contributed by atoms with Gasteiger partial charge in [-0.05, 0) is 23.7 Å². The second kappa shape index (κ2) is 6.49. The minimum Gasteiger partial charge on any atom is -0.467 e. The summed E-state index contributed by atoms with van der Waals surface area (Å²) in [5.41, 5.74) is 0.724. The van der Waals surface area contributed by atoms with Crippen molar-refractivity contribution in [3.8, 4) is 11.5 Å². The number of rotatable bonds is 6. The predicted octanol–water partition coefficient (Wildman–Crippen LogP) is 2.98. The summed E-state index contributed by atoms with van der Waals surface area (Å²) in [6, 6.07) is 6.36. The van der Waals surface area contributed by atoms with Crippen LogP contribution < -0.4 is 9.47 Å². The van der Waals surface area contributed by atoms with Gasteiger partial charge in [-0.15, -0.1) is 0 Å². The second-order valence-corrected chi connectivity index (χ2v) is 11.8. The smallest absolute Gasteiger partial charge is 0.339 e. The highest BCUT2D eigenvalue weighted by Gasteiger charge is 2.26. The molecule has 1 atom stereocenters. The number of hydrogen-bond acceptors (Lipinski definition) is 5. The second-order valence-electron chi connectivity index (χ2n) is 6.20. The molecule has 116 valence electrons. The van der Waals surface area contributed by atoms with Crippen LogP contribution in [0, 0.1) is 0 Å². The first-order chi connectivity index (χ1) is 9.90. The van der Waals surface area contributed by atoms with Crippen LogP contribution in [0.2, 0.25) is 25.7 Å². The number of fused-ring (bicyclic) bond motifs is 1. The predicted molar refractivity (Wildman–Crippen MR) is 81.4 cm³/mol. The van der Waals surface area contributed by atoms with Crippen LogP contribution in [0.1, 0.15) is 11.7 Å². The molecule has 2 rings (SSSR count). The Hall–Kier alpha value is -1.53. The maximum atomic E-state index is 12.0. The quantitative estimate of drug-likeness (QED) is 0.597.